The Kier molecular flexibility index (Phi) is 3.94. The summed E-state index contributed by atoms with van der Waals surface area (Å²) in [5, 5.41) is 9.43. The number of hydrogen-bond acceptors (Lipinski definition) is 4. The zero-order chi connectivity index (χ0) is 16.6. The number of hydrazine groups is 1. The third-order valence-electron chi connectivity index (χ3n) is 4.74. The molecular formula is C16H18N2O5. The van der Waals surface area contributed by atoms with Crippen molar-refractivity contribution in [2.75, 3.05) is 0 Å². The highest BCUT2D eigenvalue weighted by atomic mass is 16.4. The molecule has 7 nitrogen and oxygen atoms in total. The van der Waals surface area contributed by atoms with Crippen LogP contribution in [-0.4, -0.2) is 22.9 Å². The largest absolute Gasteiger partial charge is 0.481 e. The number of furan rings is 1. The molecule has 1 heterocycles. The maximum Gasteiger partial charge on any atom is 0.307 e. The number of carbonyl (C=O) groups is 3. The molecule has 4 atom stereocenters. The van der Waals surface area contributed by atoms with Gasteiger partial charge in [0.05, 0.1) is 23.7 Å². The first-order chi connectivity index (χ1) is 11.0. The molecule has 2 amide bonds. The minimum Gasteiger partial charge on any atom is -0.481 e. The van der Waals surface area contributed by atoms with Gasteiger partial charge in [0, 0.05) is 0 Å². The minimum atomic E-state index is -0.971. The van der Waals surface area contributed by atoms with Gasteiger partial charge in [0.15, 0.2) is 0 Å². The number of rotatable bonds is 3. The Hall–Kier alpha value is -2.57. The van der Waals surface area contributed by atoms with Crippen LogP contribution in [0.5, 0.6) is 0 Å². The van der Waals surface area contributed by atoms with Crippen molar-refractivity contribution in [1.82, 2.24) is 10.9 Å². The predicted molar refractivity (Wildman–Crippen MR) is 79.0 cm³/mol. The maximum absolute atomic E-state index is 12.4. The third kappa shape index (κ3) is 2.74. The first kappa shape index (κ1) is 15.3. The molecule has 0 saturated heterocycles. The second-order valence-corrected chi connectivity index (χ2v) is 6.01. The quantitative estimate of drug-likeness (QED) is 0.574. The summed E-state index contributed by atoms with van der Waals surface area (Å²) in [4.78, 5) is 35.9. The highest BCUT2D eigenvalue weighted by Gasteiger charge is 2.48. The van der Waals surface area contributed by atoms with Gasteiger partial charge in [0.25, 0.3) is 5.91 Å². The number of aliphatic carboxylic acids is 1. The average molecular weight is 318 g/mol. The lowest BCUT2D eigenvalue weighted by atomic mass is 9.62. The van der Waals surface area contributed by atoms with E-state index in [1.807, 2.05) is 12.2 Å². The standard InChI is InChI=1S/C16H18N2O5/c1-8-11(6-7-23-8)14(19)17-18-15(20)12-9-2-4-10(5-3-9)13(12)16(21)22/h2,4,6-7,9-10,12-13H,3,5H2,1H3,(H,17,19)(H,18,20)(H,21,22). The molecule has 23 heavy (non-hydrogen) atoms. The van der Waals surface area contributed by atoms with E-state index in [1.165, 1.54) is 12.3 Å². The lowest BCUT2D eigenvalue weighted by molar-refractivity contribution is -0.153. The van der Waals surface area contributed by atoms with Crippen LogP contribution in [0.1, 0.15) is 29.0 Å². The molecule has 1 saturated carbocycles. The van der Waals surface area contributed by atoms with Crippen LogP contribution in [0.4, 0.5) is 0 Å². The molecule has 3 aliphatic rings. The SMILES string of the molecule is Cc1occc1C(=O)NNC(=O)C1C2C=CC(CC2)C1C(=O)O. The highest BCUT2D eigenvalue weighted by molar-refractivity contribution is 5.96. The van der Waals surface area contributed by atoms with Gasteiger partial charge in [-0.25, -0.2) is 0 Å². The number of carboxylic acid groups (broad SMARTS) is 1. The lowest BCUT2D eigenvalue weighted by Gasteiger charge is -2.41. The molecule has 1 aromatic heterocycles. The number of hydrogen-bond donors (Lipinski definition) is 3. The summed E-state index contributed by atoms with van der Waals surface area (Å²) in [7, 11) is 0. The Morgan fingerprint density at radius 3 is 2.30 bits per heavy atom. The molecule has 0 spiro atoms. The second-order valence-electron chi connectivity index (χ2n) is 6.01. The molecule has 122 valence electrons. The van der Waals surface area contributed by atoms with E-state index in [0.29, 0.717) is 11.3 Å². The fourth-order valence-electron chi connectivity index (χ4n) is 3.58. The third-order valence-corrected chi connectivity index (χ3v) is 4.74. The zero-order valence-corrected chi connectivity index (χ0v) is 12.6. The minimum absolute atomic E-state index is 0.103. The summed E-state index contributed by atoms with van der Waals surface area (Å²) in [6.45, 7) is 1.64. The molecule has 7 heteroatoms. The fourth-order valence-corrected chi connectivity index (χ4v) is 3.58. The van der Waals surface area contributed by atoms with Crippen molar-refractivity contribution in [3.8, 4) is 0 Å². The number of allylic oxidation sites excluding steroid dienone is 2. The van der Waals surface area contributed by atoms with Crippen LogP contribution in [-0.2, 0) is 9.59 Å². The molecule has 1 aromatic rings. The van der Waals surface area contributed by atoms with Crippen molar-refractivity contribution in [1.29, 1.82) is 0 Å². The van der Waals surface area contributed by atoms with Crippen LogP contribution < -0.4 is 10.9 Å². The van der Waals surface area contributed by atoms with Crippen molar-refractivity contribution in [3.05, 3.63) is 35.8 Å². The van der Waals surface area contributed by atoms with Crippen LogP contribution in [0.15, 0.2) is 28.9 Å². The summed E-state index contributed by atoms with van der Waals surface area (Å²) in [5.74, 6) is -3.12. The number of nitrogens with one attached hydrogen (secondary N) is 2. The van der Waals surface area contributed by atoms with Gasteiger partial charge < -0.3 is 9.52 Å². The van der Waals surface area contributed by atoms with Gasteiger partial charge in [-0.05, 0) is 37.7 Å². The van der Waals surface area contributed by atoms with Gasteiger partial charge in [-0.1, -0.05) is 12.2 Å². The predicted octanol–water partition coefficient (Wildman–Crippen LogP) is 1.26. The first-order valence-electron chi connectivity index (χ1n) is 7.54. The molecule has 1 fully saturated rings. The Bertz CT molecular complexity index is 678. The summed E-state index contributed by atoms with van der Waals surface area (Å²) in [6.07, 6.45) is 6.77. The summed E-state index contributed by atoms with van der Waals surface area (Å²) in [5.41, 5.74) is 5.01. The van der Waals surface area contributed by atoms with Gasteiger partial charge in [-0.2, -0.15) is 0 Å². The van der Waals surface area contributed by atoms with Crippen molar-refractivity contribution in [2.45, 2.75) is 19.8 Å². The fraction of sp³-hybridized carbons (Fsp3) is 0.438. The normalized spacial score (nSPS) is 28.4. The molecule has 4 unspecified atom stereocenters. The zero-order valence-electron chi connectivity index (χ0n) is 12.6. The molecule has 0 aliphatic heterocycles. The van der Waals surface area contributed by atoms with Crippen molar-refractivity contribution < 1.29 is 23.9 Å². The van der Waals surface area contributed by atoms with Crippen molar-refractivity contribution in [2.24, 2.45) is 23.7 Å². The van der Waals surface area contributed by atoms with Gasteiger partial charge in [-0.3, -0.25) is 25.2 Å². The van der Waals surface area contributed by atoms with Crippen LogP contribution >= 0.6 is 0 Å². The Balaban J connectivity index is 1.68. The summed E-state index contributed by atoms with van der Waals surface area (Å²) < 4.78 is 5.04. The maximum atomic E-state index is 12.4. The Labute approximate surface area is 132 Å². The number of aryl methyl sites for hydroxylation is 1. The van der Waals surface area contributed by atoms with Crippen molar-refractivity contribution >= 4 is 17.8 Å². The monoisotopic (exact) mass is 318 g/mol. The topological polar surface area (TPSA) is 109 Å². The number of carbonyl (C=O) groups excluding carboxylic acids is 2. The van der Waals surface area contributed by atoms with E-state index in [9.17, 15) is 19.5 Å². The molecule has 4 rings (SSSR count). The van der Waals surface area contributed by atoms with Gasteiger partial charge in [0.2, 0.25) is 5.91 Å². The van der Waals surface area contributed by atoms with E-state index in [0.717, 1.165) is 12.8 Å². The molecular weight excluding hydrogens is 300 g/mol. The Morgan fingerprint density at radius 2 is 1.78 bits per heavy atom. The molecule has 0 aromatic carbocycles. The molecule has 3 N–H and O–H groups in total. The van der Waals surface area contributed by atoms with E-state index >= 15 is 0 Å². The average Bonchev–Trinajstić information content (AvgIpc) is 2.98. The number of carboxylic acids is 1. The molecule has 0 radical (unpaired) electrons. The van der Waals surface area contributed by atoms with Crippen molar-refractivity contribution in [3.63, 3.8) is 0 Å². The van der Waals surface area contributed by atoms with Crippen LogP contribution in [0.25, 0.3) is 0 Å². The summed E-state index contributed by atoms with van der Waals surface area (Å²) >= 11 is 0. The van der Waals surface area contributed by atoms with Gasteiger partial charge in [0.1, 0.15) is 5.76 Å². The van der Waals surface area contributed by atoms with Gasteiger partial charge in [-0.15, -0.1) is 0 Å². The van der Waals surface area contributed by atoms with E-state index in [2.05, 4.69) is 10.9 Å². The van der Waals surface area contributed by atoms with Crippen LogP contribution in [0.2, 0.25) is 0 Å². The highest BCUT2D eigenvalue weighted by Crippen LogP contribution is 2.44. The summed E-state index contributed by atoms with van der Waals surface area (Å²) in [6, 6.07) is 1.50. The van der Waals surface area contributed by atoms with E-state index in [-0.39, 0.29) is 11.8 Å². The van der Waals surface area contributed by atoms with E-state index in [4.69, 9.17) is 4.42 Å². The molecule has 2 bridgehead atoms. The van der Waals surface area contributed by atoms with Crippen LogP contribution in [0, 0.1) is 30.6 Å². The van der Waals surface area contributed by atoms with Crippen LogP contribution in [0.3, 0.4) is 0 Å². The van der Waals surface area contributed by atoms with E-state index in [1.54, 1.807) is 6.92 Å². The second kappa shape index (κ2) is 5.91. The molecule has 3 aliphatic carbocycles. The number of amides is 2. The lowest BCUT2D eigenvalue weighted by Crippen LogP contribution is -2.53. The first-order valence-corrected chi connectivity index (χ1v) is 7.54. The Morgan fingerprint density at radius 1 is 1.13 bits per heavy atom. The number of fused-ring (bicyclic) bond motifs is 2. The smallest absolute Gasteiger partial charge is 0.307 e. The van der Waals surface area contributed by atoms with Gasteiger partial charge >= 0.3 is 5.97 Å². The van der Waals surface area contributed by atoms with E-state index < -0.39 is 29.6 Å².